The molecule has 0 saturated carbocycles. The summed E-state index contributed by atoms with van der Waals surface area (Å²) in [7, 11) is -2.47. The van der Waals surface area contributed by atoms with Gasteiger partial charge in [0.05, 0.1) is 24.1 Å². The number of allylic oxidation sites excluding steroid dienone is 1. The molecule has 320 valence electrons. The molecule has 0 fully saturated rings. The van der Waals surface area contributed by atoms with Crippen molar-refractivity contribution in [2.45, 2.75) is 97.9 Å². The lowest BCUT2D eigenvalue weighted by atomic mass is 9.86. The van der Waals surface area contributed by atoms with Gasteiger partial charge in [-0.15, -0.1) is 0 Å². The van der Waals surface area contributed by atoms with Crippen LogP contribution in [0.5, 0.6) is 17.2 Å². The fourth-order valence-electron chi connectivity index (χ4n) is 6.55. The van der Waals surface area contributed by atoms with Gasteiger partial charge in [0.15, 0.2) is 0 Å². The highest BCUT2D eigenvalue weighted by Crippen LogP contribution is 2.37. The molecule has 14 nitrogen and oxygen atoms in total. The highest BCUT2D eigenvalue weighted by atomic mass is 32.2. The van der Waals surface area contributed by atoms with Crippen molar-refractivity contribution in [2.24, 2.45) is 5.41 Å². The summed E-state index contributed by atoms with van der Waals surface area (Å²) in [6, 6.07) is 18.1. The maximum Gasteiger partial charge on any atom is 0.408 e. The lowest BCUT2D eigenvalue weighted by Crippen LogP contribution is -2.57. The van der Waals surface area contributed by atoms with Gasteiger partial charge in [-0.1, -0.05) is 82.7 Å². The average molecular weight is 842 g/mol. The van der Waals surface area contributed by atoms with E-state index in [2.05, 4.69) is 20.7 Å². The third-order valence-electron chi connectivity index (χ3n) is 9.52. The molecule has 4 amide bonds. The Morgan fingerprint density at radius 1 is 0.933 bits per heavy atom. The van der Waals surface area contributed by atoms with Gasteiger partial charge in [-0.3, -0.25) is 19.1 Å². The van der Waals surface area contributed by atoms with Crippen molar-refractivity contribution < 1.29 is 41.8 Å². The molecule has 15 heteroatoms. The number of ether oxygens (including phenoxy) is 3. The number of hydrogen-bond donors (Lipinski definition) is 4. The van der Waals surface area contributed by atoms with Crippen LogP contribution in [0.1, 0.15) is 91.3 Å². The van der Waals surface area contributed by atoms with Gasteiger partial charge in [-0.05, 0) is 75.3 Å². The lowest BCUT2D eigenvalue weighted by molar-refractivity contribution is -0.133. The van der Waals surface area contributed by atoms with E-state index >= 15 is 0 Å². The predicted molar refractivity (Wildman–Crippen MR) is 231 cm³/mol. The highest BCUT2D eigenvalue weighted by molar-refractivity contribution is 7.90. The number of hydrogen-bond acceptors (Lipinski definition) is 10. The first-order chi connectivity index (χ1) is 28.3. The van der Waals surface area contributed by atoms with Crippen LogP contribution in [-0.4, -0.2) is 67.8 Å². The summed E-state index contributed by atoms with van der Waals surface area (Å²) in [5.41, 5.74) is 1.29. The number of benzene rings is 3. The van der Waals surface area contributed by atoms with Crippen molar-refractivity contribution in [3.63, 3.8) is 0 Å². The first-order valence-electron chi connectivity index (χ1n) is 19.9. The van der Waals surface area contributed by atoms with Crippen molar-refractivity contribution in [3.05, 3.63) is 90.0 Å². The Morgan fingerprint density at radius 3 is 2.33 bits per heavy atom. The summed E-state index contributed by atoms with van der Waals surface area (Å²) in [5, 5.41) is 8.85. The first kappa shape index (κ1) is 45.1. The summed E-state index contributed by atoms with van der Waals surface area (Å²) >= 11 is 0. The van der Waals surface area contributed by atoms with E-state index in [0.717, 1.165) is 5.56 Å². The SMILES string of the molecule is CCC[C@@H]1NC(=O)C(NC(=O)[C@@H](NC(=O)OC(C)(C)C)C(C)(C)C)c2ccc(Oc3cc(-c4ccccc4)nc4cc(OC)ccc34)c(c2)/C=C\CCCS(=O)(=O)NC1=O. The minimum atomic E-state index is -4.05. The second-order valence-corrected chi connectivity index (χ2v) is 18.6. The maximum absolute atomic E-state index is 14.4. The fraction of sp³-hybridized carbons (Fsp3) is 0.400. The first-order valence-corrected chi connectivity index (χ1v) is 21.6. The normalized spacial score (nSPS) is 18.4. The molecule has 2 heterocycles. The van der Waals surface area contributed by atoms with Crippen molar-refractivity contribution in [3.8, 4) is 28.5 Å². The van der Waals surface area contributed by atoms with Crippen LogP contribution in [0.25, 0.3) is 28.2 Å². The van der Waals surface area contributed by atoms with Gasteiger partial charge >= 0.3 is 6.09 Å². The Hall–Kier alpha value is -5.96. The van der Waals surface area contributed by atoms with Gasteiger partial charge in [0.2, 0.25) is 21.8 Å². The molecule has 60 heavy (non-hydrogen) atoms. The van der Waals surface area contributed by atoms with Gasteiger partial charge in [-0.2, -0.15) is 0 Å². The van der Waals surface area contributed by atoms with Crippen molar-refractivity contribution in [2.75, 3.05) is 12.9 Å². The number of nitrogens with zero attached hydrogens (tertiary/aromatic N) is 1. The van der Waals surface area contributed by atoms with Gasteiger partial charge < -0.3 is 30.2 Å². The number of amides is 4. The zero-order valence-corrected chi connectivity index (χ0v) is 36.2. The maximum atomic E-state index is 14.4. The molecule has 5 rings (SSSR count). The fourth-order valence-corrected chi connectivity index (χ4v) is 7.65. The monoisotopic (exact) mass is 841 g/mol. The van der Waals surface area contributed by atoms with Crippen molar-refractivity contribution >= 4 is 50.8 Å². The molecule has 1 aliphatic rings. The van der Waals surface area contributed by atoms with Gasteiger partial charge in [-0.25, -0.2) is 18.2 Å². The van der Waals surface area contributed by atoms with E-state index in [4.69, 9.17) is 19.2 Å². The van der Waals surface area contributed by atoms with Crippen LogP contribution in [0.15, 0.2) is 78.9 Å². The molecule has 2 bridgehead atoms. The number of carbonyl (C=O) groups excluding carboxylic acids is 4. The molecule has 1 aliphatic heterocycles. The zero-order chi connectivity index (χ0) is 43.8. The molecule has 0 aliphatic carbocycles. The number of rotatable bonds is 9. The number of nitrogens with one attached hydrogen (secondary N) is 4. The standard InChI is InChI=1S/C45H55N5O9S/c1-9-16-33-40(51)50-60(55,56)24-15-11-14-19-29-25-30(38(41(52)47-33)48-42(53)39(44(2,3)4)49-43(54)59-45(5,6)7)20-23-36(29)58-37-27-34(28-17-12-10-13-18-28)46-35-26-31(57-8)21-22-32(35)37/h10,12-14,17-23,25-27,33,38-39H,9,11,15-16,24H2,1-8H3,(H,47,52)(H,48,53)(H,49,54)(H,50,51)/b19-14-/t33-,38?,39+/m0/s1. The number of alkyl carbamates (subject to hydrolysis) is 1. The molecule has 0 radical (unpaired) electrons. The van der Waals surface area contributed by atoms with E-state index < -0.39 is 63.0 Å². The molecule has 1 aromatic heterocycles. The van der Waals surface area contributed by atoms with Crippen LogP contribution in [0, 0.1) is 5.41 Å². The topological polar surface area (TPSA) is 191 Å². The zero-order valence-electron chi connectivity index (χ0n) is 35.4. The third-order valence-corrected chi connectivity index (χ3v) is 10.9. The number of sulfonamides is 1. The van der Waals surface area contributed by atoms with E-state index in [1.165, 1.54) is 0 Å². The Kier molecular flexibility index (Phi) is 14.3. The van der Waals surface area contributed by atoms with E-state index in [-0.39, 0.29) is 18.6 Å². The quantitative estimate of drug-likeness (QED) is 0.133. The van der Waals surface area contributed by atoms with E-state index in [1.807, 2.05) is 54.6 Å². The Balaban J connectivity index is 1.63. The van der Waals surface area contributed by atoms with Crippen molar-refractivity contribution in [1.29, 1.82) is 0 Å². The van der Waals surface area contributed by atoms with E-state index in [9.17, 15) is 27.6 Å². The number of fused-ring (bicyclic) bond motifs is 3. The Morgan fingerprint density at radius 2 is 1.67 bits per heavy atom. The molecule has 0 saturated heterocycles. The molecule has 3 aromatic carbocycles. The number of carbonyl (C=O) groups is 4. The summed E-state index contributed by atoms with van der Waals surface area (Å²) < 4.78 is 45.7. The van der Waals surface area contributed by atoms with Crippen LogP contribution in [0.4, 0.5) is 4.79 Å². The van der Waals surface area contributed by atoms with E-state index in [1.54, 1.807) is 85.9 Å². The number of aromatic nitrogens is 1. The van der Waals surface area contributed by atoms with Crippen LogP contribution in [0.2, 0.25) is 0 Å². The molecule has 0 spiro atoms. The lowest BCUT2D eigenvalue weighted by Gasteiger charge is -2.33. The second kappa shape index (κ2) is 19.0. The summed E-state index contributed by atoms with van der Waals surface area (Å²) in [5.74, 6) is -1.21. The molecule has 4 N–H and O–H groups in total. The third kappa shape index (κ3) is 12.1. The van der Waals surface area contributed by atoms with Crippen LogP contribution in [-0.2, 0) is 29.1 Å². The minimum absolute atomic E-state index is 0.120. The van der Waals surface area contributed by atoms with E-state index in [0.29, 0.717) is 57.8 Å². The molecular formula is C45H55N5O9S. The van der Waals surface area contributed by atoms with Crippen LogP contribution in [0.3, 0.4) is 0 Å². The summed E-state index contributed by atoms with van der Waals surface area (Å²) in [4.78, 5) is 59.8. The van der Waals surface area contributed by atoms with Gasteiger partial charge in [0.1, 0.15) is 41.0 Å². The molecule has 1 unspecified atom stereocenters. The molecule has 3 atom stereocenters. The second-order valence-electron chi connectivity index (χ2n) is 16.7. The smallest absolute Gasteiger partial charge is 0.408 e. The van der Waals surface area contributed by atoms with Gasteiger partial charge in [0, 0.05) is 28.6 Å². The Labute approximate surface area is 351 Å². The molecular weight excluding hydrogens is 787 g/mol. The molecule has 4 aromatic rings. The largest absolute Gasteiger partial charge is 0.497 e. The van der Waals surface area contributed by atoms with Gasteiger partial charge in [0.25, 0.3) is 5.91 Å². The highest BCUT2D eigenvalue weighted by Gasteiger charge is 2.37. The number of methoxy groups -OCH3 is 1. The summed E-state index contributed by atoms with van der Waals surface area (Å²) in [6.45, 7) is 12.2. The number of pyridine rings is 1. The van der Waals surface area contributed by atoms with Crippen LogP contribution < -0.4 is 30.1 Å². The van der Waals surface area contributed by atoms with Crippen molar-refractivity contribution in [1.82, 2.24) is 25.7 Å². The minimum Gasteiger partial charge on any atom is -0.497 e. The Bertz CT molecular complexity index is 2350. The van der Waals surface area contributed by atoms with Crippen LogP contribution >= 0.6 is 0 Å². The average Bonchev–Trinajstić information content (AvgIpc) is 3.17. The predicted octanol–water partition coefficient (Wildman–Crippen LogP) is 7.34. The summed E-state index contributed by atoms with van der Waals surface area (Å²) in [6.07, 6.45) is 3.80.